The van der Waals surface area contributed by atoms with E-state index in [1.165, 1.54) is 5.56 Å². The molecule has 7 nitrogen and oxygen atoms in total. The molecule has 146 valence electrons. The Labute approximate surface area is 168 Å². The van der Waals surface area contributed by atoms with E-state index in [1.807, 2.05) is 18.3 Å². The Morgan fingerprint density at radius 1 is 1.25 bits per heavy atom. The highest BCUT2D eigenvalue weighted by Gasteiger charge is 2.30. The molecule has 0 saturated carbocycles. The van der Waals surface area contributed by atoms with E-state index in [0.717, 1.165) is 67.1 Å². The Hall–Kier alpha value is -2.38. The van der Waals surface area contributed by atoms with Gasteiger partial charge < -0.3 is 19.9 Å². The summed E-state index contributed by atoms with van der Waals surface area (Å²) in [6, 6.07) is 4.28. The number of nitrogens with zero attached hydrogens (tertiary/aromatic N) is 5. The summed E-state index contributed by atoms with van der Waals surface area (Å²) in [7, 11) is 0. The van der Waals surface area contributed by atoms with Crippen molar-refractivity contribution in [2.24, 2.45) is 0 Å². The van der Waals surface area contributed by atoms with E-state index in [9.17, 15) is 5.11 Å². The third-order valence-electron chi connectivity index (χ3n) is 5.91. The number of hydrogen-bond donors (Lipinski definition) is 2. The summed E-state index contributed by atoms with van der Waals surface area (Å²) in [4.78, 5) is 21.4. The van der Waals surface area contributed by atoms with Crippen LogP contribution in [0.25, 0.3) is 11.0 Å². The van der Waals surface area contributed by atoms with Crippen molar-refractivity contribution in [1.29, 1.82) is 0 Å². The minimum absolute atomic E-state index is 0.203. The van der Waals surface area contributed by atoms with E-state index >= 15 is 0 Å². The average molecular weight is 399 g/mol. The van der Waals surface area contributed by atoms with Crippen molar-refractivity contribution in [2.45, 2.75) is 44.9 Å². The standard InChI is InChI=1S/C20H23ClN6O/c1-12-8-16-15(20(24-11-23-16)26-6-3-13(28)4-7-26)10-27(12)17-9-18(21)25-19-14(17)2-5-22-19/h2,5,9,11-13,28H,3-4,6-8,10H2,1H3,(H,22,25). The first-order chi connectivity index (χ1) is 13.6. The van der Waals surface area contributed by atoms with Crippen molar-refractivity contribution in [1.82, 2.24) is 19.9 Å². The van der Waals surface area contributed by atoms with Gasteiger partial charge in [0, 0.05) is 49.2 Å². The molecule has 0 amide bonds. The normalized spacial score (nSPS) is 20.6. The van der Waals surface area contributed by atoms with Gasteiger partial charge in [-0.05, 0) is 31.9 Å². The van der Waals surface area contributed by atoms with Gasteiger partial charge in [0.15, 0.2) is 0 Å². The lowest BCUT2D eigenvalue weighted by Crippen LogP contribution is -2.42. The number of anilines is 2. The van der Waals surface area contributed by atoms with E-state index in [1.54, 1.807) is 6.33 Å². The molecular weight excluding hydrogens is 376 g/mol. The van der Waals surface area contributed by atoms with E-state index in [0.29, 0.717) is 5.15 Å². The SMILES string of the molecule is CC1Cc2ncnc(N3CCC(O)CC3)c2CN1c1cc(Cl)nc2[nH]ccc12. The molecule has 2 aliphatic heterocycles. The van der Waals surface area contributed by atoms with Crippen LogP contribution in [0.5, 0.6) is 0 Å². The number of nitrogens with one attached hydrogen (secondary N) is 1. The average Bonchev–Trinajstić information content (AvgIpc) is 3.15. The Morgan fingerprint density at radius 2 is 2.07 bits per heavy atom. The summed E-state index contributed by atoms with van der Waals surface area (Å²) in [6.45, 7) is 4.59. The Kier molecular flexibility index (Phi) is 4.36. The molecule has 1 fully saturated rings. The molecule has 3 aromatic heterocycles. The van der Waals surface area contributed by atoms with Crippen LogP contribution in [0, 0.1) is 0 Å². The van der Waals surface area contributed by atoms with Crippen LogP contribution >= 0.6 is 11.6 Å². The Balaban J connectivity index is 1.55. The molecule has 2 aliphatic rings. The molecule has 8 heteroatoms. The topological polar surface area (TPSA) is 81.2 Å². The highest BCUT2D eigenvalue weighted by Crippen LogP contribution is 2.36. The van der Waals surface area contributed by atoms with Gasteiger partial charge in [-0.2, -0.15) is 0 Å². The van der Waals surface area contributed by atoms with Crippen molar-refractivity contribution >= 4 is 34.1 Å². The number of aromatic nitrogens is 4. The first-order valence-corrected chi connectivity index (χ1v) is 10.1. The van der Waals surface area contributed by atoms with Crippen LogP contribution in [-0.2, 0) is 13.0 Å². The predicted molar refractivity (Wildman–Crippen MR) is 110 cm³/mol. The van der Waals surface area contributed by atoms with Gasteiger partial charge in [0.2, 0.25) is 0 Å². The number of aromatic amines is 1. The summed E-state index contributed by atoms with van der Waals surface area (Å²) in [5, 5.41) is 11.4. The lowest BCUT2D eigenvalue weighted by atomic mass is 9.97. The van der Waals surface area contributed by atoms with E-state index in [4.69, 9.17) is 11.6 Å². The van der Waals surface area contributed by atoms with E-state index in [2.05, 4.69) is 36.7 Å². The summed E-state index contributed by atoms with van der Waals surface area (Å²) in [5.41, 5.74) is 4.17. The second kappa shape index (κ2) is 6.90. The summed E-state index contributed by atoms with van der Waals surface area (Å²) in [6.07, 6.45) is 5.79. The van der Waals surface area contributed by atoms with E-state index in [-0.39, 0.29) is 12.1 Å². The number of hydrogen-bond acceptors (Lipinski definition) is 6. The van der Waals surface area contributed by atoms with Gasteiger partial charge in [-0.3, -0.25) is 0 Å². The maximum absolute atomic E-state index is 9.85. The molecule has 28 heavy (non-hydrogen) atoms. The summed E-state index contributed by atoms with van der Waals surface area (Å²) in [5.74, 6) is 0.999. The van der Waals surface area contributed by atoms with Gasteiger partial charge in [0.05, 0.1) is 17.5 Å². The monoisotopic (exact) mass is 398 g/mol. The Bertz CT molecular complexity index is 1010. The van der Waals surface area contributed by atoms with Crippen molar-refractivity contribution in [3.8, 4) is 0 Å². The van der Waals surface area contributed by atoms with Gasteiger partial charge in [0.25, 0.3) is 0 Å². The minimum atomic E-state index is -0.203. The molecule has 1 saturated heterocycles. The second-order valence-corrected chi connectivity index (χ2v) is 8.11. The van der Waals surface area contributed by atoms with Crippen LogP contribution in [0.15, 0.2) is 24.7 Å². The number of aliphatic hydroxyl groups excluding tert-OH is 1. The number of piperidine rings is 1. The molecule has 1 atom stereocenters. The molecule has 2 N–H and O–H groups in total. The van der Waals surface area contributed by atoms with Gasteiger partial charge in [-0.1, -0.05) is 11.6 Å². The van der Waals surface area contributed by atoms with Crippen LogP contribution in [-0.4, -0.2) is 50.3 Å². The van der Waals surface area contributed by atoms with Gasteiger partial charge >= 0.3 is 0 Å². The molecule has 1 unspecified atom stereocenters. The second-order valence-electron chi connectivity index (χ2n) is 7.73. The smallest absolute Gasteiger partial charge is 0.141 e. The lowest BCUT2D eigenvalue weighted by Gasteiger charge is -2.39. The molecular formula is C20H23ClN6O. The van der Waals surface area contributed by atoms with Crippen LogP contribution in [0.4, 0.5) is 11.5 Å². The highest BCUT2D eigenvalue weighted by molar-refractivity contribution is 6.30. The summed E-state index contributed by atoms with van der Waals surface area (Å²) < 4.78 is 0. The van der Waals surface area contributed by atoms with Gasteiger partial charge in [-0.15, -0.1) is 0 Å². The molecule has 0 bridgehead atoms. The number of halogens is 1. The molecule has 3 aromatic rings. The fourth-order valence-electron chi connectivity index (χ4n) is 4.39. The number of pyridine rings is 1. The third kappa shape index (κ3) is 2.99. The quantitative estimate of drug-likeness (QED) is 0.646. The molecule has 0 radical (unpaired) electrons. The molecule has 0 aromatic carbocycles. The molecule has 5 rings (SSSR count). The van der Waals surface area contributed by atoms with Crippen LogP contribution < -0.4 is 9.80 Å². The van der Waals surface area contributed by atoms with E-state index < -0.39 is 0 Å². The highest BCUT2D eigenvalue weighted by atomic mass is 35.5. The number of fused-ring (bicyclic) bond motifs is 2. The number of rotatable bonds is 2. The first kappa shape index (κ1) is 17.7. The fourth-order valence-corrected chi connectivity index (χ4v) is 4.58. The van der Waals surface area contributed by atoms with Gasteiger partial charge in [0.1, 0.15) is 22.9 Å². The molecule has 5 heterocycles. The minimum Gasteiger partial charge on any atom is -0.393 e. The lowest BCUT2D eigenvalue weighted by molar-refractivity contribution is 0.145. The number of H-pyrrole nitrogens is 1. The van der Waals surface area contributed by atoms with Crippen LogP contribution in [0.1, 0.15) is 31.0 Å². The fraction of sp³-hybridized carbons (Fsp3) is 0.450. The van der Waals surface area contributed by atoms with Crippen molar-refractivity contribution in [3.63, 3.8) is 0 Å². The van der Waals surface area contributed by atoms with Crippen molar-refractivity contribution in [3.05, 3.63) is 41.1 Å². The molecule has 0 spiro atoms. The zero-order valence-corrected chi connectivity index (χ0v) is 16.5. The van der Waals surface area contributed by atoms with Crippen LogP contribution in [0.2, 0.25) is 5.15 Å². The zero-order chi connectivity index (χ0) is 19.3. The predicted octanol–water partition coefficient (Wildman–Crippen LogP) is 2.92. The van der Waals surface area contributed by atoms with Gasteiger partial charge in [-0.25, -0.2) is 15.0 Å². The summed E-state index contributed by atoms with van der Waals surface area (Å²) >= 11 is 6.30. The van der Waals surface area contributed by atoms with Crippen LogP contribution in [0.3, 0.4) is 0 Å². The molecule has 0 aliphatic carbocycles. The Morgan fingerprint density at radius 3 is 2.89 bits per heavy atom. The van der Waals surface area contributed by atoms with Crippen molar-refractivity contribution < 1.29 is 5.11 Å². The first-order valence-electron chi connectivity index (χ1n) is 9.76. The maximum Gasteiger partial charge on any atom is 0.141 e. The largest absolute Gasteiger partial charge is 0.393 e. The zero-order valence-electron chi connectivity index (χ0n) is 15.8. The maximum atomic E-state index is 9.85. The number of aliphatic hydroxyl groups is 1. The van der Waals surface area contributed by atoms with Crippen molar-refractivity contribution in [2.75, 3.05) is 22.9 Å². The third-order valence-corrected chi connectivity index (χ3v) is 6.10.